The van der Waals surface area contributed by atoms with Crippen molar-refractivity contribution in [3.8, 4) is 0 Å². The van der Waals surface area contributed by atoms with E-state index < -0.39 is 0 Å². The Bertz CT molecular complexity index is 513. The molecule has 0 saturated carbocycles. The maximum Gasteiger partial charge on any atom is 0.0860 e. The second-order valence-electron chi connectivity index (χ2n) is 4.89. The molecule has 0 aromatic carbocycles. The summed E-state index contributed by atoms with van der Waals surface area (Å²) in [6.45, 7) is 6.38. The van der Waals surface area contributed by atoms with Gasteiger partial charge in [0.15, 0.2) is 0 Å². The van der Waals surface area contributed by atoms with Gasteiger partial charge >= 0.3 is 0 Å². The van der Waals surface area contributed by atoms with Gasteiger partial charge in [0.05, 0.1) is 16.6 Å². The summed E-state index contributed by atoms with van der Waals surface area (Å²) in [4.78, 5) is 1.05. The molecule has 0 aliphatic carbocycles. The van der Waals surface area contributed by atoms with Crippen molar-refractivity contribution in [1.82, 2.24) is 9.59 Å². The first-order valence-corrected chi connectivity index (χ1v) is 7.72. The molecule has 3 nitrogen and oxygen atoms in total. The summed E-state index contributed by atoms with van der Waals surface area (Å²) >= 11 is 6.55. The van der Waals surface area contributed by atoms with Gasteiger partial charge in [-0.3, -0.25) is 0 Å². The number of nitrogens with zero attached hydrogens (tertiary/aromatic N) is 2. The van der Waals surface area contributed by atoms with Crippen LogP contribution in [0.3, 0.4) is 0 Å². The number of aromatic nitrogens is 2. The Kier molecular flexibility index (Phi) is 3.68. The van der Waals surface area contributed by atoms with Gasteiger partial charge in [0.25, 0.3) is 0 Å². The summed E-state index contributed by atoms with van der Waals surface area (Å²) in [6.07, 6.45) is 0. The van der Waals surface area contributed by atoms with Gasteiger partial charge in [-0.05, 0) is 38.4 Å². The van der Waals surface area contributed by atoms with Crippen molar-refractivity contribution >= 4 is 38.8 Å². The number of rotatable bonds is 2. The molecule has 1 atom stereocenters. The predicted octanol–water partition coefficient (Wildman–Crippen LogP) is 3.71. The Labute approximate surface area is 117 Å². The van der Waals surface area contributed by atoms with Crippen LogP contribution in [-0.2, 0) is 5.41 Å². The van der Waals surface area contributed by atoms with Crippen molar-refractivity contribution in [2.45, 2.75) is 32.2 Å². The summed E-state index contributed by atoms with van der Waals surface area (Å²) in [7, 11) is 0. The molecule has 2 aromatic heterocycles. The van der Waals surface area contributed by atoms with E-state index in [-0.39, 0.29) is 11.5 Å². The van der Waals surface area contributed by atoms with Crippen LogP contribution in [0, 0.1) is 0 Å². The summed E-state index contributed by atoms with van der Waals surface area (Å²) in [5.74, 6) is 0. The van der Waals surface area contributed by atoms with E-state index in [1.165, 1.54) is 11.5 Å². The minimum absolute atomic E-state index is 0.0253. The highest BCUT2D eigenvalue weighted by Gasteiger charge is 2.27. The average Bonchev–Trinajstić information content (AvgIpc) is 2.82. The fourth-order valence-electron chi connectivity index (χ4n) is 1.58. The lowest BCUT2D eigenvalue weighted by Crippen LogP contribution is -2.19. The zero-order valence-electron chi connectivity index (χ0n) is 9.90. The van der Waals surface area contributed by atoms with Crippen molar-refractivity contribution < 1.29 is 0 Å². The molecule has 0 bridgehead atoms. The Hall–Kier alpha value is -0.300. The van der Waals surface area contributed by atoms with Crippen LogP contribution in [0.4, 0.5) is 0 Å². The van der Waals surface area contributed by atoms with Gasteiger partial charge in [0, 0.05) is 15.3 Å². The van der Waals surface area contributed by atoms with Gasteiger partial charge in [0.2, 0.25) is 0 Å². The summed E-state index contributed by atoms with van der Waals surface area (Å²) < 4.78 is 5.11. The molecule has 0 amide bonds. The predicted molar refractivity (Wildman–Crippen MR) is 76.7 cm³/mol. The van der Waals surface area contributed by atoms with Gasteiger partial charge in [-0.25, -0.2) is 0 Å². The number of nitrogens with two attached hydrogens (primary N) is 1. The molecule has 1 unspecified atom stereocenters. The first-order valence-electron chi connectivity index (χ1n) is 5.21. The van der Waals surface area contributed by atoms with Gasteiger partial charge in [-0.1, -0.05) is 25.3 Å². The zero-order chi connectivity index (χ0) is 12.6. The smallest absolute Gasteiger partial charge is 0.0860 e. The van der Waals surface area contributed by atoms with Crippen LogP contribution in [0.5, 0.6) is 0 Å². The van der Waals surface area contributed by atoms with Crippen LogP contribution in [-0.4, -0.2) is 9.59 Å². The topological polar surface area (TPSA) is 51.8 Å². The molecule has 2 N–H and O–H groups in total. The van der Waals surface area contributed by atoms with Gasteiger partial charge in [0.1, 0.15) is 0 Å². The van der Waals surface area contributed by atoms with E-state index in [1.807, 2.05) is 5.38 Å². The Morgan fingerprint density at radius 2 is 2.06 bits per heavy atom. The average molecular weight is 332 g/mol. The number of hydrogen-bond acceptors (Lipinski definition) is 5. The summed E-state index contributed by atoms with van der Waals surface area (Å²) in [6, 6.07) is -0.148. The van der Waals surface area contributed by atoms with E-state index in [1.54, 1.807) is 11.3 Å². The van der Waals surface area contributed by atoms with Crippen LogP contribution in [0.1, 0.15) is 42.9 Å². The molecule has 2 heterocycles. The minimum Gasteiger partial charge on any atom is -0.319 e. The van der Waals surface area contributed by atoms with Crippen LogP contribution in [0.2, 0.25) is 0 Å². The third-order valence-electron chi connectivity index (χ3n) is 2.48. The van der Waals surface area contributed by atoms with Crippen LogP contribution >= 0.6 is 38.8 Å². The van der Waals surface area contributed by atoms with E-state index in [9.17, 15) is 0 Å². The molecule has 0 saturated heterocycles. The fraction of sp³-hybridized carbons (Fsp3) is 0.455. The van der Waals surface area contributed by atoms with E-state index in [2.05, 4.69) is 51.7 Å². The standard InChI is InChI=1S/C11H14BrN3S2/c1-11(2,3)10-9(17-15-14-10)8(13)6-4-16-5-7(6)12/h4-5,8H,13H2,1-3H3. The molecule has 92 valence electrons. The van der Waals surface area contributed by atoms with Crippen molar-refractivity contribution in [1.29, 1.82) is 0 Å². The maximum atomic E-state index is 6.31. The third kappa shape index (κ3) is 2.59. The molecule has 0 aliphatic rings. The monoisotopic (exact) mass is 331 g/mol. The SMILES string of the molecule is CC(C)(C)c1nnsc1C(N)c1cscc1Br. The lowest BCUT2D eigenvalue weighted by atomic mass is 9.89. The molecule has 2 aromatic rings. The molecule has 0 radical (unpaired) electrons. The maximum absolute atomic E-state index is 6.31. The normalized spacial score (nSPS) is 13.9. The van der Waals surface area contributed by atoms with Crippen LogP contribution < -0.4 is 5.73 Å². The van der Waals surface area contributed by atoms with Gasteiger partial charge < -0.3 is 5.73 Å². The Morgan fingerprint density at radius 3 is 2.59 bits per heavy atom. The van der Waals surface area contributed by atoms with E-state index in [0.717, 1.165) is 20.6 Å². The van der Waals surface area contributed by atoms with Gasteiger partial charge in [-0.2, -0.15) is 11.3 Å². The number of hydrogen-bond donors (Lipinski definition) is 1. The number of halogens is 1. The molecule has 0 aliphatic heterocycles. The first kappa shape index (κ1) is 13.1. The highest BCUT2D eigenvalue weighted by Crippen LogP contribution is 2.36. The van der Waals surface area contributed by atoms with Crippen LogP contribution in [0.15, 0.2) is 15.2 Å². The van der Waals surface area contributed by atoms with E-state index >= 15 is 0 Å². The second kappa shape index (κ2) is 4.76. The fourth-order valence-corrected chi connectivity index (χ4v) is 4.04. The quantitative estimate of drug-likeness (QED) is 0.912. The second-order valence-corrected chi connectivity index (χ2v) is 7.27. The molecule has 17 heavy (non-hydrogen) atoms. The summed E-state index contributed by atoms with van der Waals surface area (Å²) in [5.41, 5.74) is 8.38. The van der Waals surface area contributed by atoms with E-state index in [4.69, 9.17) is 5.73 Å². The molecule has 2 rings (SSSR count). The van der Waals surface area contributed by atoms with Crippen molar-refractivity contribution in [2.24, 2.45) is 5.73 Å². The first-order chi connectivity index (χ1) is 7.91. The lowest BCUT2D eigenvalue weighted by Gasteiger charge is -2.19. The van der Waals surface area contributed by atoms with Crippen molar-refractivity contribution in [3.05, 3.63) is 31.4 Å². The molecular weight excluding hydrogens is 318 g/mol. The number of thiophene rings is 1. The van der Waals surface area contributed by atoms with Gasteiger partial charge in [-0.15, -0.1) is 5.10 Å². The van der Waals surface area contributed by atoms with Crippen molar-refractivity contribution in [3.63, 3.8) is 0 Å². The molecular formula is C11H14BrN3S2. The van der Waals surface area contributed by atoms with Crippen molar-refractivity contribution in [2.75, 3.05) is 0 Å². The minimum atomic E-state index is -0.148. The Morgan fingerprint density at radius 1 is 1.35 bits per heavy atom. The highest BCUT2D eigenvalue weighted by molar-refractivity contribution is 9.10. The highest BCUT2D eigenvalue weighted by atomic mass is 79.9. The van der Waals surface area contributed by atoms with E-state index in [0.29, 0.717) is 0 Å². The lowest BCUT2D eigenvalue weighted by molar-refractivity contribution is 0.556. The molecule has 0 spiro atoms. The molecule has 6 heteroatoms. The zero-order valence-corrected chi connectivity index (χ0v) is 13.1. The third-order valence-corrected chi connectivity index (χ3v) is 5.04. The molecule has 0 fully saturated rings. The summed E-state index contributed by atoms with van der Waals surface area (Å²) in [5, 5.41) is 8.34. The van der Waals surface area contributed by atoms with Crippen LogP contribution in [0.25, 0.3) is 0 Å². The Balaban J connectivity index is 2.42. The largest absolute Gasteiger partial charge is 0.319 e.